The van der Waals surface area contributed by atoms with Crippen molar-refractivity contribution in [2.75, 3.05) is 36.9 Å². The number of hydrogen-bond acceptors (Lipinski definition) is 6. The molecule has 0 atom stereocenters. The second kappa shape index (κ2) is 12.9. The van der Waals surface area contributed by atoms with Crippen molar-refractivity contribution >= 4 is 33.2 Å². The Morgan fingerprint density at radius 1 is 0.927 bits per heavy atom. The van der Waals surface area contributed by atoms with Crippen LogP contribution in [0.15, 0.2) is 71.6 Å². The highest BCUT2D eigenvalue weighted by atomic mass is 32.2. The van der Waals surface area contributed by atoms with Gasteiger partial charge in [-0.3, -0.25) is 13.9 Å². The van der Waals surface area contributed by atoms with Crippen molar-refractivity contribution in [3.05, 3.63) is 77.9 Å². The number of nitrogens with one attached hydrogen (secondary N) is 2. The maximum absolute atomic E-state index is 13.8. The standard InChI is InChI=1S/C28H30F3N3O6S/c1-18(2)16-32-27(36)22-10-5-6-11-23(22)33-26(35)17-34(20-9-7-8-19(14-20)28(29,30)31)41(37,38)21-12-13-24(39-3)25(15-21)40-4/h5-15,18H,16-17H2,1-4H3,(H,32,36)(H,33,35). The summed E-state index contributed by atoms with van der Waals surface area (Å²) in [5.74, 6) is -0.896. The first-order valence-electron chi connectivity index (χ1n) is 12.4. The van der Waals surface area contributed by atoms with Crippen LogP contribution in [0.2, 0.25) is 0 Å². The van der Waals surface area contributed by atoms with Crippen LogP contribution in [0.1, 0.15) is 29.8 Å². The Hall–Kier alpha value is -4.26. The van der Waals surface area contributed by atoms with Crippen LogP contribution in [-0.4, -0.2) is 47.5 Å². The molecule has 0 aliphatic carbocycles. The normalized spacial score (nSPS) is 11.6. The van der Waals surface area contributed by atoms with Crippen LogP contribution < -0.4 is 24.4 Å². The van der Waals surface area contributed by atoms with E-state index in [1.54, 1.807) is 12.1 Å². The molecule has 13 heteroatoms. The van der Waals surface area contributed by atoms with Gasteiger partial charge in [-0.2, -0.15) is 13.2 Å². The zero-order chi connectivity index (χ0) is 30.4. The zero-order valence-electron chi connectivity index (χ0n) is 22.8. The van der Waals surface area contributed by atoms with Crippen LogP contribution >= 0.6 is 0 Å². The van der Waals surface area contributed by atoms with E-state index in [-0.39, 0.29) is 33.6 Å². The molecule has 0 spiro atoms. The Morgan fingerprint density at radius 3 is 2.24 bits per heavy atom. The Balaban J connectivity index is 2.02. The number of amides is 2. The summed E-state index contributed by atoms with van der Waals surface area (Å²) in [6, 6.07) is 13.4. The number of hydrogen-bond donors (Lipinski definition) is 2. The van der Waals surface area contributed by atoms with E-state index in [4.69, 9.17) is 9.47 Å². The smallest absolute Gasteiger partial charge is 0.416 e. The van der Waals surface area contributed by atoms with Crippen LogP contribution in [0.3, 0.4) is 0 Å². The number of carbonyl (C=O) groups is 2. The molecule has 3 rings (SSSR count). The van der Waals surface area contributed by atoms with Crippen molar-refractivity contribution in [1.29, 1.82) is 0 Å². The van der Waals surface area contributed by atoms with Crippen molar-refractivity contribution < 1.29 is 40.7 Å². The number of rotatable bonds is 11. The molecule has 220 valence electrons. The Labute approximate surface area is 236 Å². The van der Waals surface area contributed by atoms with E-state index in [0.717, 1.165) is 24.3 Å². The van der Waals surface area contributed by atoms with Gasteiger partial charge in [0.05, 0.1) is 41.6 Å². The molecule has 2 amide bonds. The van der Waals surface area contributed by atoms with Crippen molar-refractivity contribution in [3.8, 4) is 11.5 Å². The molecule has 0 radical (unpaired) electrons. The molecular formula is C28H30F3N3O6S. The summed E-state index contributed by atoms with van der Waals surface area (Å²) in [7, 11) is -1.97. The maximum atomic E-state index is 13.8. The lowest BCUT2D eigenvalue weighted by atomic mass is 10.1. The van der Waals surface area contributed by atoms with Gasteiger partial charge in [-0.05, 0) is 48.4 Å². The summed E-state index contributed by atoms with van der Waals surface area (Å²) < 4.78 is 78.9. The minimum atomic E-state index is -4.76. The van der Waals surface area contributed by atoms with Gasteiger partial charge < -0.3 is 20.1 Å². The van der Waals surface area contributed by atoms with E-state index in [2.05, 4.69) is 10.6 Å². The van der Waals surface area contributed by atoms with Crippen LogP contribution in [0.4, 0.5) is 24.5 Å². The van der Waals surface area contributed by atoms with Crippen LogP contribution in [0, 0.1) is 5.92 Å². The minimum Gasteiger partial charge on any atom is -0.493 e. The number of para-hydroxylation sites is 1. The number of nitrogens with zero attached hydrogens (tertiary/aromatic N) is 1. The van der Waals surface area contributed by atoms with Gasteiger partial charge in [-0.25, -0.2) is 8.42 Å². The topological polar surface area (TPSA) is 114 Å². The van der Waals surface area contributed by atoms with Crippen molar-refractivity contribution in [2.24, 2.45) is 5.92 Å². The van der Waals surface area contributed by atoms with Gasteiger partial charge in [0.2, 0.25) is 5.91 Å². The van der Waals surface area contributed by atoms with Gasteiger partial charge in [0.1, 0.15) is 6.54 Å². The number of anilines is 2. The molecule has 9 nitrogen and oxygen atoms in total. The third-order valence-corrected chi connectivity index (χ3v) is 7.58. The second-order valence-corrected chi connectivity index (χ2v) is 11.1. The molecule has 0 saturated carbocycles. The van der Waals surface area contributed by atoms with E-state index >= 15 is 0 Å². The fourth-order valence-electron chi connectivity index (χ4n) is 3.76. The van der Waals surface area contributed by atoms with Crippen molar-refractivity contribution in [2.45, 2.75) is 24.9 Å². The van der Waals surface area contributed by atoms with E-state index in [0.29, 0.717) is 16.9 Å². The molecule has 0 saturated heterocycles. The molecule has 0 fully saturated rings. The number of halogens is 3. The van der Waals surface area contributed by atoms with E-state index in [1.807, 2.05) is 13.8 Å². The van der Waals surface area contributed by atoms with E-state index < -0.39 is 45.8 Å². The molecule has 0 aromatic heterocycles. The molecule has 3 aromatic rings. The summed E-state index contributed by atoms with van der Waals surface area (Å²) in [4.78, 5) is 25.5. The summed E-state index contributed by atoms with van der Waals surface area (Å²) in [5.41, 5.74) is -1.26. The summed E-state index contributed by atoms with van der Waals surface area (Å²) in [6.07, 6.45) is -4.76. The quantitative estimate of drug-likeness (QED) is 0.326. The van der Waals surface area contributed by atoms with Crippen LogP contribution in [-0.2, 0) is 21.0 Å². The molecule has 0 aliphatic rings. The first-order valence-corrected chi connectivity index (χ1v) is 13.8. The SMILES string of the molecule is COc1ccc(S(=O)(=O)N(CC(=O)Nc2ccccc2C(=O)NCC(C)C)c2cccc(C(F)(F)F)c2)cc1OC. The van der Waals surface area contributed by atoms with Gasteiger partial charge in [0.15, 0.2) is 11.5 Å². The fourth-order valence-corrected chi connectivity index (χ4v) is 5.19. The third-order valence-electron chi connectivity index (χ3n) is 5.81. The van der Waals surface area contributed by atoms with Gasteiger partial charge in [-0.1, -0.05) is 32.0 Å². The molecule has 41 heavy (non-hydrogen) atoms. The molecule has 0 bridgehead atoms. The Bertz CT molecular complexity index is 1510. The monoisotopic (exact) mass is 593 g/mol. The summed E-state index contributed by atoms with van der Waals surface area (Å²) in [5, 5.41) is 5.26. The predicted octanol–water partition coefficient (Wildman–Crippen LogP) is 4.94. The highest BCUT2D eigenvalue weighted by molar-refractivity contribution is 7.92. The highest BCUT2D eigenvalue weighted by Crippen LogP contribution is 2.35. The first kappa shape index (κ1) is 31.3. The average Bonchev–Trinajstić information content (AvgIpc) is 2.94. The second-order valence-electron chi connectivity index (χ2n) is 9.27. The van der Waals surface area contributed by atoms with Crippen molar-refractivity contribution in [3.63, 3.8) is 0 Å². The third kappa shape index (κ3) is 7.69. The molecule has 0 heterocycles. The average molecular weight is 594 g/mol. The summed E-state index contributed by atoms with van der Waals surface area (Å²) in [6.45, 7) is 3.30. The van der Waals surface area contributed by atoms with Crippen molar-refractivity contribution in [1.82, 2.24) is 5.32 Å². The van der Waals surface area contributed by atoms with E-state index in [1.165, 1.54) is 38.5 Å². The molecule has 0 unspecified atom stereocenters. The van der Waals surface area contributed by atoms with Crippen LogP contribution in [0.25, 0.3) is 0 Å². The number of sulfonamides is 1. The molecule has 2 N–H and O–H groups in total. The highest BCUT2D eigenvalue weighted by Gasteiger charge is 2.34. The van der Waals surface area contributed by atoms with Gasteiger partial charge in [0, 0.05) is 12.6 Å². The lowest BCUT2D eigenvalue weighted by molar-refractivity contribution is -0.137. The number of alkyl halides is 3. The van der Waals surface area contributed by atoms with Gasteiger partial charge >= 0.3 is 6.18 Å². The molecule has 3 aromatic carbocycles. The van der Waals surface area contributed by atoms with Crippen LogP contribution in [0.5, 0.6) is 11.5 Å². The lowest BCUT2D eigenvalue weighted by Crippen LogP contribution is -2.38. The maximum Gasteiger partial charge on any atom is 0.416 e. The predicted molar refractivity (Wildman–Crippen MR) is 148 cm³/mol. The lowest BCUT2D eigenvalue weighted by Gasteiger charge is -2.25. The number of methoxy groups -OCH3 is 2. The minimum absolute atomic E-state index is 0.0587. The first-order chi connectivity index (χ1) is 19.3. The Morgan fingerprint density at radius 2 is 1.61 bits per heavy atom. The summed E-state index contributed by atoms with van der Waals surface area (Å²) >= 11 is 0. The number of ether oxygens (including phenoxy) is 2. The number of benzene rings is 3. The molecule has 0 aliphatic heterocycles. The van der Waals surface area contributed by atoms with Gasteiger partial charge in [0.25, 0.3) is 15.9 Å². The van der Waals surface area contributed by atoms with Gasteiger partial charge in [-0.15, -0.1) is 0 Å². The zero-order valence-corrected chi connectivity index (χ0v) is 23.6. The van der Waals surface area contributed by atoms with E-state index in [9.17, 15) is 31.2 Å². The number of carbonyl (C=O) groups excluding carboxylic acids is 2. The Kier molecular flexibility index (Phi) is 9.87. The molecular weight excluding hydrogens is 563 g/mol. The fraction of sp³-hybridized carbons (Fsp3) is 0.286. The largest absolute Gasteiger partial charge is 0.493 e.